The highest BCUT2D eigenvalue weighted by Crippen LogP contribution is 2.12. The Hall–Kier alpha value is -1.62. The summed E-state index contributed by atoms with van der Waals surface area (Å²) in [4.78, 5) is 16.0. The van der Waals surface area contributed by atoms with Crippen molar-refractivity contribution in [2.24, 2.45) is 11.3 Å². The van der Waals surface area contributed by atoms with E-state index in [1.165, 1.54) is 0 Å². The van der Waals surface area contributed by atoms with E-state index in [2.05, 4.69) is 36.5 Å². The van der Waals surface area contributed by atoms with Gasteiger partial charge in [-0.3, -0.25) is 4.79 Å². The Morgan fingerprint density at radius 3 is 2.59 bits per heavy atom. The number of nitrogens with zero attached hydrogens (tertiary/aromatic N) is 1. The van der Waals surface area contributed by atoms with Crippen LogP contribution in [0.3, 0.4) is 0 Å². The van der Waals surface area contributed by atoms with Crippen LogP contribution in [0.15, 0.2) is 12.1 Å². The van der Waals surface area contributed by atoms with Crippen LogP contribution in [0.2, 0.25) is 0 Å². The van der Waals surface area contributed by atoms with Gasteiger partial charge in [-0.1, -0.05) is 20.8 Å². The molecular formula is C12H20N4O. The van der Waals surface area contributed by atoms with Crippen molar-refractivity contribution >= 4 is 11.7 Å². The Morgan fingerprint density at radius 2 is 2.06 bits per heavy atom. The predicted molar refractivity (Wildman–Crippen MR) is 68.6 cm³/mol. The molecule has 0 saturated carbocycles. The van der Waals surface area contributed by atoms with Gasteiger partial charge in [0.2, 0.25) is 0 Å². The molecule has 5 nitrogen and oxygen atoms in total. The van der Waals surface area contributed by atoms with E-state index < -0.39 is 0 Å². The third-order valence-corrected chi connectivity index (χ3v) is 2.14. The van der Waals surface area contributed by atoms with Gasteiger partial charge in [0.05, 0.1) is 0 Å². The van der Waals surface area contributed by atoms with Gasteiger partial charge >= 0.3 is 0 Å². The maximum Gasteiger partial charge on any atom is 0.251 e. The van der Waals surface area contributed by atoms with Crippen molar-refractivity contribution in [2.45, 2.75) is 27.7 Å². The minimum absolute atomic E-state index is 0.0622. The first-order chi connectivity index (χ1) is 7.81. The zero-order valence-corrected chi connectivity index (χ0v) is 10.8. The summed E-state index contributed by atoms with van der Waals surface area (Å²) in [5.74, 6) is 5.67. The second kappa shape index (κ2) is 5.14. The third kappa shape index (κ3) is 4.40. The van der Waals surface area contributed by atoms with Gasteiger partial charge in [-0.25, -0.2) is 10.8 Å². The van der Waals surface area contributed by atoms with E-state index in [0.29, 0.717) is 17.9 Å². The average molecular weight is 236 g/mol. The Bertz CT molecular complexity index is 409. The molecule has 1 rings (SSSR count). The smallest absolute Gasteiger partial charge is 0.251 e. The average Bonchev–Trinajstić information content (AvgIpc) is 2.23. The van der Waals surface area contributed by atoms with Crippen LogP contribution in [0.1, 0.15) is 36.8 Å². The summed E-state index contributed by atoms with van der Waals surface area (Å²) in [6.45, 7) is 8.65. The molecule has 0 aliphatic carbocycles. The van der Waals surface area contributed by atoms with E-state index >= 15 is 0 Å². The van der Waals surface area contributed by atoms with Crippen LogP contribution in [0.25, 0.3) is 0 Å². The molecule has 94 valence electrons. The van der Waals surface area contributed by atoms with E-state index in [0.717, 1.165) is 5.69 Å². The van der Waals surface area contributed by atoms with Crippen molar-refractivity contribution in [1.29, 1.82) is 0 Å². The molecule has 0 atom stereocenters. The lowest BCUT2D eigenvalue weighted by Crippen LogP contribution is -2.32. The molecule has 17 heavy (non-hydrogen) atoms. The first-order valence-electron chi connectivity index (χ1n) is 5.55. The topological polar surface area (TPSA) is 80.0 Å². The number of amides is 1. The molecular weight excluding hydrogens is 216 g/mol. The maximum absolute atomic E-state index is 11.9. The van der Waals surface area contributed by atoms with Crippen LogP contribution in [0, 0.1) is 12.3 Å². The Morgan fingerprint density at radius 1 is 1.41 bits per heavy atom. The van der Waals surface area contributed by atoms with Crippen molar-refractivity contribution in [3.8, 4) is 0 Å². The molecule has 0 fully saturated rings. The summed E-state index contributed by atoms with van der Waals surface area (Å²) in [5, 5.41) is 2.88. The number of nitrogen functional groups attached to an aromatic ring is 1. The summed E-state index contributed by atoms with van der Waals surface area (Å²) in [6.07, 6.45) is 0. The fourth-order valence-electron chi connectivity index (χ4n) is 1.32. The molecule has 1 amide bonds. The Labute approximate surface area is 102 Å². The van der Waals surface area contributed by atoms with E-state index in [1.807, 2.05) is 6.92 Å². The lowest BCUT2D eigenvalue weighted by Gasteiger charge is -2.18. The number of hydrazine groups is 1. The van der Waals surface area contributed by atoms with Crippen molar-refractivity contribution < 1.29 is 4.79 Å². The van der Waals surface area contributed by atoms with Gasteiger partial charge in [0.15, 0.2) is 0 Å². The van der Waals surface area contributed by atoms with Gasteiger partial charge in [-0.15, -0.1) is 0 Å². The van der Waals surface area contributed by atoms with Crippen molar-refractivity contribution in [3.63, 3.8) is 0 Å². The van der Waals surface area contributed by atoms with Crippen LogP contribution < -0.4 is 16.6 Å². The number of aryl methyl sites for hydroxylation is 1. The molecule has 0 radical (unpaired) electrons. The number of hydrogen-bond acceptors (Lipinski definition) is 4. The zero-order chi connectivity index (χ0) is 13.1. The number of aromatic nitrogens is 1. The summed E-state index contributed by atoms with van der Waals surface area (Å²) in [6, 6.07) is 3.36. The van der Waals surface area contributed by atoms with Gasteiger partial charge in [0.1, 0.15) is 5.82 Å². The van der Waals surface area contributed by atoms with Crippen molar-refractivity contribution in [2.75, 3.05) is 12.0 Å². The molecule has 0 saturated heterocycles. The first-order valence-corrected chi connectivity index (χ1v) is 5.55. The third-order valence-electron chi connectivity index (χ3n) is 2.14. The molecule has 1 aromatic rings. The van der Waals surface area contributed by atoms with E-state index in [-0.39, 0.29) is 11.3 Å². The molecule has 0 aliphatic rings. The number of carbonyl (C=O) groups is 1. The lowest BCUT2D eigenvalue weighted by atomic mass is 9.97. The van der Waals surface area contributed by atoms with Crippen LogP contribution >= 0.6 is 0 Å². The minimum atomic E-state index is -0.109. The number of nitrogens with two attached hydrogens (primary N) is 1. The number of rotatable bonds is 3. The molecule has 0 aromatic carbocycles. The van der Waals surface area contributed by atoms with Crippen LogP contribution in [-0.2, 0) is 0 Å². The molecule has 0 bridgehead atoms. The van der Waals surface area contributed by atoms with Crippen LogP contribution in [-0.4, -0.2) is 17.4 Å². The molecule has 1 heterocycles. The highest BCUT2D eigenvalue weighted by Gasteiger charge is 2.13. The van der Waals surface area contributed by atoms with Gasteiger partial charge in [-0.05, 0) is 24.5 Å². The first kappa shape index (κ1) is 13.4. The van der Waals surface area contributed by atoms with Gasteiger partial charge < -0.3 is 10.7 Å². The second-order valence-corrected chi connectivity index (χ2v) is 5.27. The largest absolute Gasteiger partial charge is 0.352 e. The van der Waals surface area contributed by atoms with Crippen LogP contribution in [0.5, 0.6) is 0 Å². The standard InChI is InChI=1S/C12H20N4O/c1-8-5-9(6-10(15-8)16-13)11(17)14-7-12(2,3)4/h5-6H,7,13H2,1-4H3,(H,14,17)(H,15,16). The van der Waals surface area contributed by atoms with E-state index in [9.17, 15) is 4.79 Å². The number of pyridine rings is 1. The van der Waals surface area contributed by atoms with Crippen molar-refractivity contribution in [3.05, 3.63) is 23.4 Å². The lowest BCUT2D eigenvalue weighted by molar-refractivity contribution is 0.0939. The summed E-state index contributed by atoms with van der Waals surface area (Å²) >= 11 is 0. The van der Waals surface area contributed by atoms with E-state index in [4.69, 9.17) is 5.84 Å². The fraction of sp³-hybridized carbons (Fsp3) is 0.500. The highest BCUT2D eigenvalue weighted by atomic mass is 16.1. The molecule has 0 aliphatic heterocycles. The van der Waals surface area contributed by atoms with Gasteiger partial charge in [0.25, 0.3) is 5.91 Å². The summed E-state index contributed by atoms with van der Waals surface area (Å²) in [7, 11) is 0. The zero-order valence-electron chi connectivity index (χ0n) is 10.8. The molecule has 0 unspecified atom stereocenters. The number of nitrogens with one attached hydrogen (secondary N) is 2. The monoisotopic (exact) mass is 236 g/mol. The normalized spacial score (nSPS) is 11.1. The fourth-order valence-corrected chi connectivity index (χ4v) is 1.32. The molecule has 1 aromatic heterocycles. The molecule has 5 heteroatoms. The Balaban J connectivity index is 2.78. The van der Waals surface area contributed by atoms with Gasteiger partial charge in [0, 0.05) is 17.8 Å². The summed E-state index contributed by atoms with van der Waals surface area (Å²) in [5.41, 5.74) is 3.82. The van der Waals surface area contributed by atoms with Crippen LogP contribution in [0.4, 0.5) is 5.82 Å². The van der Waals surface area contributed by atoms with Gasteiger partial charge in [-0.2, -0.15) is 0 Å². The number of anilines is 1. The summed E-state index contributed by atoms with van der Waals surface area (Å²) < 4.78 is 0. The SMILES string of the molecule is Cc1cc(C(=O)NCC(C)(C)C)cc(NN)n1. The Kier molecular flexibility index (Phi) is 4.07. The quantitative estimate of drug-likeness (QED) is 0.548. The maximum atomic E-state index is 11.9. The number of carbonyl (C=O) groups excluding carboxylic acids is 1. The molecule has 4 N–H and O–H groups in total. The highest BCUT2D eigenvalue weighted by molar-refractivity contribution is 5.95. The van der Waals surface area contributed by atoms with E-state index in [1.54, 1.807) is 12.1 Å². The predicted octanol–water partition coefficient (Wildman–Crippen LogP) is 1.45. The minimum Gasteiger partial charge on any atom is -0.352 e. The number of hydrogen-bond donors (Lipinski definition) is 3. The van der Waals surface area contributed by atoms with Crippen molar-refractivity contribution in [1.82, 2.24) is 10.3 Å². The molecule has 0 spiro atoms. The second-order valence-electron chi connectivity index (χ2n) is 5.27.